The van der Waals surface area contributed by atoms with Gasteiger partial charge in [-0.15, -0.1) is 11.6 Å². The number of amides is 1. The van der Waals surface area contributed by atoms with E-state index in [2.05, 4.69) is 5.32 Å². The van der Waals surface area contributed by atoms with Crippen LogP contribution in [-0.2, 0) is 4.79 Å². The Bertz CT molecular complexity index is 423. The lowest BCUT2D eigenvalue weighted by Crippen LogP contribution is -2.11. The fraction of sp³-hybridized carbons (Fsp3) is 0.222. The third kappa shape index (κ3) is 3.36. The smallest absolute Gasteiger partial charge is 0.289 e. The highest BCUT2D eigenvalue weighted by Gasteiger charge is 2.13. The summed E-state index contributed by atoms with van der Waals surface area (Å²) in [6, 6.07) is 4.05. The summed E-state index contributed by atoms with van der Waals surface area (Å²) < 4.78 is 0. The van der Waals surface area contributed by atoms with Crippen molar-refractivity contribution in [1.82, 2.24) is 0 Å². The van der Waals surface area contributed by atoms with Gasteiger partial charge in [0.25, 0.3) is 5.69 Å². The number of hydrogen-bond donors (Lipinski definition) is 1. The van der Waals surface area contributed by atoms with Crippen molar-refractivity contribution in [2.24, 2.45) is 0 Å². The van der Waals surface area contributed by atoms with Gasteiger partial charge in [-0.3, -0.25) is 14.9 Å². The third-order valence-corrected chi connectivity index (χ3v) is 2.26. The molecule has 1 rings (SSSR count). The van der Waals surface area contributed by atoms with Crippen LogP contribution in [0.15, 0.2) is 18.2 Å². The third-order valence-electron chi connectivity index (χ3n) is 1.75. The van der Waals surface area contributed by atoms with Crippen LogP contribution in [0.4, 0.5) is 11.4 Å². The van der Waals surface area contributed by atoms with E-state index in [0.29, 0.717) is 5.69 Å². The summed E-state index contributed by atoms with van der Waals surface area (Å²) >= 11 is 11.0. The highest BCUT2D eigenvalue weighted by Crippen LogP contribution is 2.27. The Morgan fingerprint density at radius 1 is 1.50 bits per heavy atom. The Labute approximate surface area is 101 Å². The molecule has 0 aliphatic carbocycles. The maximum absolute atomic E-state index is 11.2. The number of anilines is 1. The summed E-state index contributed by atoms with van der Waals surface area (Å²) in [5.74, 6) is -0.103. The van der Waals surface area contributed by atoms with E-state index in [9.17, 15) is 14.9 Å². The number of carbonyl (C=O) groups excluding carboxylic acids is 1. The topological polar surface area (TPSA) is 72.2 Å². The molecule has 0 unspecified atom stereocenters. The zero-order valence-corrected chi connectivity index (χ0v) is 9.59. The summed E-state index contributed by atoms with van der Waals surface area (Å²) in [4.78, 5) is 21.1. The quantitative estimate of drug-likeness (QED) is 0.515. The van der Waals surface area contributed by atoms with Crippen LogP contribution in [0.5, 0.6) is 0 Å². The number of hydrogen-bond acceptors (Lipinski definition) is 3. The molecule has 16 heavy (non-hydrogen) atoms. The van der Waals surface area contributed by atoms with Crippen molar-refractivity contribution in [2.75, 3.05) is 11.2 Å². The number of rotatable bonds is 4. The summed E-state index contributed by atoms with van der Waals surface area (Å²) in [5, 5.41) is 13.1. The minimum Gasteiger partial charge on any atom is -0.326 e. The van der Waals surface area contributed by atoms with Gasteiger partial charge in [0, 0.05) is 24.1 Å². The van der Waals surface area contributed by atoms with E-state index >= 15 is 0 Å². The SMILES string of the molecule is O=C(CCCl)Nc1ccc(Cl)c([N+](=O)[O-])c1. The molecular weight excluding hydrogens is 255 g/mol. The molecule has 1 aromatic rings. The molecule has 1 N–H and O–H groups in total. The van der Waals surface area contributed by atoms with Gasteiger partial charge in [-0.1, -0.05) is 11.6 Å². The zero-order valence-electron chi connectivity index (χ0n) is 8.07. The number of nitro groups is 1. The van der Waals surface area contributed by atoms with Gasteiger partial charge in [-0.05, 0) is 12.1 Å². The molecule has 0 aliphatic rings. The maximum Gasteiger partial charge on any atom is 0.289 e. The number of nitrogens with one attached hydrogen (secondary N) is 1. The van der Waals surface area contributed by atoms with E-state index in [1.807, 2.05) is 0 Å². The van der Waals surface area contributed by atoms with Crippen LogP contribution in [0, 0.1) is 10.1 Å². The van der Waals surface area contributed by atoms with Gasteiger partial charge in [0.15, 0.2) is 0 Å². The zero-order chi connectivity index (χ0) is 12.1. The van der Waals surface area contributed by atoms with Crippen molar-refractivity contribution in [1.29, 1.82) is 0 Å². The maximum atomic E-state index is 11.2. The van der Waals surface area contributed by atoms with Gasteiger partial charge >= 0.3 is 0 Å². The number of alkyl halides is 1. The first-order chi connectivity index (χ1) is 7.54. The van der Waals surface area contributed by atoms with Gasteiger partial charge in [0.05, 0.1) is 4.92 Å². The van der Waals surface area contributed by atoms with Crippen molar-refractivity contribution < 1.29 is 9.72 Å². The molecule has 1 aromatic carbocycles. The number of halogens is 2. The van der Waals surface area contributed by atoms with Crippen molar-refractivity contribution >= 4 is 40.5 Å². The average Bonchev–Trinajstić information content (AvgIpc) is 2.21. The van der Waals surface area contributed by atoms with E-state index in [4.69, 9.17) is 23.2 Å². The molecule has 0 saturated heterocycles. The molecule has 7 heteroatoms. The van der Waals surface area contributed by atoms with E-state index in [-0.39, 0.29) is 28.9 Å². The van der Waals surface area contributed by atoms with Crippen LogP contribution in [0.2, 0.25) is 5.02 Å². The molecule has 5 nitrogen and oxygen atoms in total. The number of benzene rings is 1. The van der Waals surface area contributed by atoms with Gasteiger partial charge in [-0.2, -0.15) is 0 Å². The molecule has 1 amide bonds. The lowest BCUT2D eigenvalue weighted by molar-refractivity contribution is -0.384. The first-order valence-electron chi connectivity index (χ1n) is 4.34. The lowest BCUT2D eigenvalue weighted by atomic mass is 10.2. The fourth-order valence-corrected chi connectivity index (χ4v) is 1.40. The monoisotopic (exact) mass is 262 g/mol. The van der Waals surface area contributed by atoms with Gasteiger partial charge in [0.2, 0.25) is 5.91 Å². The predicted octanol–water partition coefficient (Wildman–Crippen LogP) is 2.82. The molecule has 0 aromatic heterocycles. The Morgan fingerprint density at radius 3 is 2.75 bits per heavy atom. The molecule has 0 spiro atoms. The molecule has 0 heterocycles. The molecular formula is C9H8Cl2N2O3. The van der Waals surface area contributed by atoms with Gasteiger partial charge in [-0.25, -0.2) is 0 Å². The minimum absolute atomic E-state index is 0.0281. The summed E-state index contributed by atoms with van der Waals surface area (Å²) in [5.41, 5.74) is 0.0801. The Kier molecular flexibility index (Phi) is 4.52. The highest BCUT2D eigenvalue weighted by atomic mass is 35.5. The largest absolute Gasteiger partial charge is 0.326 e. The van der Waals surface area contributed by atoms with Crippen LogP contribution in [0.25, 0.3) is 0 Å². The second-order valence-corrected chi connectivity index (χ2v) is 3.70. The van der Waals surface area contributed by atoms with Crippen LogP contribution >= 0.6 is 23.2 Å². The second-order valence-electron chi connectivity index (χ2n) is 2.91. The molecule has 0 aliphatic heterocycles. The van der Waals surface area contributed by atoms with Crippen molar-refractivity contribution in [3.8, 4) is 0 Å². The van der Waals surface area contributed by atoms with E-state index in [1.54, 1.807) is 0 Å². The number of nitro benzene ring substituents is 1. The van der Waals surface area contributed by atoms with Crippen molar-refractivity contribution in [3.63, 3.8) is 0 Å². The molecule has 86 valence electrons. The normalized spacial score (nSPS) is 9.88. The summed E-state index contributed by atoms with van der Waals surface area (Å²) in [6.45, 7) is 0. The number of carbonyl (C=O) groups is 1. The first-order valence-corrected chi connectivity index (χ1v) is 5.25. The Balaban J connectivity index is 2.87. The minimum atomic E-state index is -0.612. The average molecular weight is 263 g/mol. The van der Waals surface area contributed by atoms with Crippen molar-refractivity contribution in [3.05, 3.63) is 33.3 Å². The van der Waals surface area contributed by atoms with E-state index in [0.717, 1.165) is 0 Å². The van der Waals surface area contributed by atoms with Crippen LogP contribution in [0.1, 0.15) is 6.42 Å². The summed E-state index contributed by atoms with van der Waals surface area (Å²) in [7, 11) is 0. The fourth-order valence-electron chi connectivity index (χ4n) is 1.04. The molecule has 0 radical (unpaired) electrons. The van der Waals surface area contributed by atoms with E-state index < -0.39 is 4.92 Å². The van der Waals surface area contributed by atoms with Gasteiger partial charge < -0.3 is 5.32 Å². The van der Waals surface area contributed by atoms with Gasteiger partial charge in [0.1, 0.15) is 5.02 Å². The first kappa shape index (κ1) is 12.7. The standard InChI is InChI=1S/C9H8Cl2N2O3/c10-4-3-9(14)12-6-1-2-7(11)8(5-6)13(15)16/h1-2,5H,3-4H2,(H,12,14). The molecule has 0 saturated carbocycles. The van der Waals surface area contributed by atoms with E-state index in [1.165, 1.54) is 18.2 Å². The second kappa shape index (κ2) is 5.67. The molecule has 0 bridgehead atoms. The van der Waals surface area contributed by atoms with Crippen LogP contribution < -0.4 is 5.32 Å². The highest BCUT2D eigenvalue weighted by molar-refractivity contribution is 6.32. The van der Waals surface area contributed by atoms with Crippen LogP contribution in [0.3, 0.4) is 0 Å². The predicted molar refractivity (Wildman–Crippen MR) is 62.1 cm³/mol. The summed E-state index contributed by atoms with van der Waals surface area (Å²) in [6.07, 6.45) is 0.151. The Hall–Kier alpha value is -1.33. The lowest BCUT2D eigenvalue weighted by Gasteiger charge is -2.04. The number of nitrogens with zero attached hydrogens (tertiary/aromatic N) is 1. The van der Waals surface area contributed by atoms with Crippen LogP contribution in [-0.4, -0.2) is 16.7 Å². The molecule has 0 fully saturated rings. The molecule has 0 atom stereocenters. The Morgan fingerprint density at radius 2 is 2.19 bits per heavy atom. The van der Waals surface area contributed by atoms with Crippen molar-refractivity contribution in [2.45, 2.75) is 6.42 Å².